The van der Waals surface area contributed by atoms with Crippen molar-refractivity contribution in [3.05, 3.63) is 35.9 Å². The maximum atomic E-state index is 11.0. The number of hydrogen-bond acceptors (Lipinski definition) is 5. The van der Waals surface area contributed by atoms with Gasteiger partial charge >= 0.3 is 67.8 Å². The molecule has 1 N–H and O–H groups in total. The molecule has 0 fully saturated rings. The molecule has 8 heteroatoms. The fourth-order valence-electron chi connectivity index (χ4n) is 0.696. The molecule has 1 aromatic rings. The van der Waals surface area contributed by atoms with E-state index in [0.29, 0.717) is 0 Å². The summed E-state index contributed by atoms with van der Waals surface area (Å²) in [6.45, 7) is 0. The summed E-state index contributed by atoms with van der Waals surface area (Å²) in [4.78, 5) is 14.8. The summed E-state index contributed by atoms with van der Waals surface area (Å²) in [6, 6.07) is 7.58. The van der Waals surface area contributed by atoms with Crippen molar-refractivity contribution >= 4 is 67.8 Å². The third-order valence-electron chi connectivity index (χ3n) is 1.21. The molecule has 1 rings (SSSR count). The van der Waals surface area contributed by atoms with E-state index in [-0.39, 0.29) is 56.9 Å². The van der Waals surface area contributed by atoms with Gasteiger partial charge in [-0.3, -0.25) is 9.44 Å². The number of hydrogen-bond donors (Lipinski definition) is 1. The molecule has 78 valence electrons. The molecule has 1 aromatic carbocycles. The van der Waals surface area contributed by atoms with Gasteiger partial charge in [-0.2, -0.15) is 8.42 Å². The summed E-state index contributed by atoms with van der Waals surface area (Å²) in [7, 11) is -4.77. The van der Waals surface area contributed by atoms with Crippen LogP contribution in [0.25, 0.3) is 0 Å². The molecule has 0 spiro atoms. The van der Waals surface area contributed by atoms with Crippen LogP contribution in [0.1, 0.15) is 10.4 Å². The molecular formula is C7H7KO6S. The second kappa shape index (κ2) is 6.71. The van der Waals surface area contributed by atoms with Crippen molar-refractivity contribution in [2.75, 3.05) is 0 Å². The Hall–Kier alpha value is 0.196. The van der Waals surface area contributed by atoms with Crippen molar-refractivity contribution in [1.82, 2.24) is 0 Å². The molecule has 0 radical (unpaired) electrons. The minimum atomic E-state index is -4.77. The Morgan fingerprint density at radius 3 is 2.20 bits per heavy atom. The van der Waals surface area contributed by atoms with E-state index in [1.807, 2.05) is 0 Å². The van der Waals surface area contributed by atoms with Gasteiger partial charge in [0.2, 0.25) is 0 Å². The fraction of sp³-hybridized carbons (Fsp3) is 0. The van der Waals surface area contributed by atoms with Crippen molar-refractivity contribution in [2.45, 2.75) is 0 Å². The van der Waals surface area contributed by atoms with Crippen LogP contribution in [0.2, 0.25) is 0 Å². The van der Waals surface area contributed by atoms with Gasteiger partial charge in [0.1, 0.15) is 0 Å². The van der Waals surface area contributed by atoms with E-state index < -0.39 is 16.4 Å². The van der Waals surface area contributed by atoms with E-state index >= 15 is 0 Å². The average Bonchev–Trinajstić information content (AvgIpc) is 2.14. The SMILES string of the molecule is O=C(OOS(=O)(=O)O)c1ccccc1.[KH]. The van der Waals surface area contributed by atoms with Crippen LogP contribution in [-0.4, -0.2) is 70.3 Å². The second-order valence-electron chi connectivity index (χ2n) is 2.23. The first-order chi connectivity index (χ1) is 6.49. The van der Waals surface area contributed by atoms with Crippen LogP contribution in [0.5, 0.6) is 0 Å². The third-order valence-corrected chi connectivity index (χ3v) is 1.45. The molecule has 6 nitrogen and oxygen atoms in total. The fourth-order valence-corrected chi connectivity index (χ4v) is 0.844. The number of rotatable bonds is 3. The van der Waals surface area contributed by atoms with E-state index in [1.54, 1.807) is 18.2 Å². The van der Waals surface area contributed by atoms with Crippen molar-refractivity contribution in [3.63, 3.8) is 0 Å². The van der Waals surface area contributed by atoms with Gasteiger partial charge in [0.25, 0.3) is 0 Å². The van der Waals surface area contributed by atoms with Gasteiger partial charge in [-0.25, -0.2) is 4.79 Å². The van der Waals surface area contributed by atoms with Crippen LogP contribution in [-0.2, 0) is 19.6 Å². The molecule has 0 aromatic heterocycles. The Labute approximate surface area is 129 Å². The maximum absolute atomic E-state index is 11.0. The van der Waals surface area contributed by atoms with E-state index in [4.69, 9.17) is 4.55 Å². The van der Waals surface area contributed by atoms with Gasteiger partial charge in [0.15, 0.2) is 0 Å². The van der Waals surface area contributed by atoms with Crippen molar-refractivity contribution in [2.24, 2.45) is 0 Å². The van der Waals surface area contributed by atoms with Gasteiger partial charge in [-0.15, -0.1) is 0 Å². The zero-order valence-electron chi connectivity index (χ0n) is 6.78. The minimum absolute atomic E-state index is 0. The molecule has 0 bridgehead atoms. The normalized spacial score (nSPS) is 10.2. The Balaban J connectivity index is 0.00000196. The summed E-state index contributed by atoms with van der Waals surface area (Å²) >= 11 is 0. The summed E-state index contributed by atoms with van der Waals surface area (Å²) < 4.78 is 31.6. The monoisotopic (exact) mass is 258 g/mol. The summed E-state index contributed by atoms with van der Waals surface area (Å²) in [5.41, 5.74) is 0.108. The molecule has 0 saturated carbocycles. The molecule has 0 saturated heterocycles. The topological polar surface area (TPSA) is 89.9 Å². The van der Waals surface area contributed by atoms with Crippen molar-refractivity contribution < 1.29 is 27.0 Å². The molecule has 0 unspecified atom stereocenters. The first-order valence-corrected chi connectivity index (χ1v) is 4.78. The van der Waals surface area contributed by atoms with Crippen LogP contribution in [0, 0.1) is 0 Å². The van der Waals surface area contributed by atoms with E-state index in [0.717, 1.165) is 0 Å². The quantitative estimate of drug-likeness (QED) is 0.353. The van der Waals surface area contributed by atoms with Crippen LogP contribution in [0.15, 0.2) is 30.3 Å². The van der Waals surface area contributed by atoms with E-state index in [9.17, 15) is 13.2 Å². The Morgan fingerprint density at radius 2 is 1.73 bits per heavy atom. The molecule has 0 aliphatic heterocycles. The predicted molar refractivity (Wildman–Crippen MR) is 51.6 cm³/mol. The van der Waals surface area contributed by atoms with Crippen LogP contribution < -0.4 is 0 Å². The first-order valence-electron chi connectivity index (χ1n) is 3.42. The molecular weight excluding hydrogens is 251 g/mol. The molecule has 0 aliphatic carbocycles. The summed E-state index contributed by atoms with van der Waals surface area (Å²) in [5.74, 6) is -1.01. The summed E-state index contributed by atoms with van der Waals surface area (Å²) in [6.07, 6.45) is 0. The van der Waals surface area contributed by atoms with E-state index in [2.05, 4.69) is 9.22 Å². The van der Waals surface area contributed by atoms with Crippen LogP contribution in [0.3, 0.4) is 0 Å². The van der Waals surface area contributed by atoms with Crippen molar-refractivity contribution in [3.8, 4) is 0 Å². The van der Waals surface area contributed by atoms with Crippen LogP contribution >= 0.6 is 0 Å². The molecule has 0 amide bonds. The Kier molecular flexibility index (Phi) is 6.80. The third kappa shape index (κ3) is 6.38. The van der Waals surface area contributed by atoms with Gasteiger partial charge in [0, 0.05) is 0 Å². The molecule has 0 heterocycles. The van der Waals surface area contributed by atoms with Gasteiger partial charge in [-0.1, -0.05) is 18.2 Å². The zero-order valence-corrected chi connectivity index (χ0v) is 7.60. The average molecular weight is 258 g/mol. The standard InChI is InChI=1S/C7H6O6S.K.H/c8-7(12-13-14(9,10)11)6-4-2-1-3-5-6;;/h1-5H,(H,9,10,11);;. The van der Waals surface area contributed by atoms with Gasteiger partial charge in [-0.05, 0) is 16.5 Å². The van der Waals surface area contributed by atoms with Crippen LogP contribution in [0.4, 0.5) is 0 Å². The molecule has 0 atom stereocenters. The number of carbonyl (C=O) groups is 1. The first kappa shape index (κ1) is 15.2. The zero-order chi connectivity index (χ0) is 10.6. The summed E-state index contributed by atoms with van der Waals surface area (Å²) in [5, 5.41) is 0. The molecule has 0 aliphatic rings. The predicted octanol–water partition coefficient (Wildman–Crippen LogP) is -0.0707. The second-order valence-corrected chi connectivity index (χ2v) is 3.22. The van der Waals surface area contributed by atoms with Crippen molar-refractivity contribution in [1.29, 1.82) is 0 Å². The number of benzene rings is 1. The van der Waals surface area contributed by atoms with E-state index in [1.165, 1.54) is 12.1 Å². The Morgan fingerprint density at radius 1 is 1.20 bits per heavy atom. The number of carbonyl (C=O) groups excluding carboxylic acids is 1. The van der Waals surface area contributed by atoms with Gasteiger partial charge < -0.3 is 0 Å². The Bertz CT molecular complexity index is 414. The molecule has 15 heavy (non-hydrogen) atoms. The van der Waals surface area contributed by atoms with Gasteiger partial charge in [0.05, 0.1) is 5.56 Å².